The minimum atomic E-state index is -4.80. The highest BCUT2D eigenvalue weighted by atomic mass is 19.4. The minimum absolute atomic E-state index is 0.187. The zero-order valence-electron chi connectivity index (χ0n) is 6.95. The van der Waals surface area contributed by atoms with Gasteiger partial charge in [-0.1, -0.05) is 30.3 Å². The summed E-state index contributed by atoms with van der Waals surface area (Å²) in [7, 11) is 0. The fraction of sp³-hybridized carbons (Fsp3) is 0.222. The van der Waals surface area contributed by atoms with Crippen molar-refractivity contribution in [2.75, 3.05) is 0 Å². The first-order valence-corrected chi connectivity index (χ1v) is 3.72. The van der Waals surface area contributed by atoms with Crippen LogP contribution in [0.25, 0.3) is 0 Å². The van der Waals surface area contributed by atoms with E-state index < -0.39 is 12.5 Å². The zero-order valence-corrected chi connectivity index (χ0v) is 6.95. The van der Waals surface area contributed by atoms with Crippen LogP contribution < -0.4 is 0 Å². The highest BCUT2D eigenvalue weighted by Crippen LogP contribution is 2.26. The van der Waals surface area contributed by atoms with Gasteiger partial charge in [0.2, 0.25) is 0 Å². The lowest BCUT2D eigenvalue weighted by Gasteiger charge is -2.12. The molecular formula is C9H6F3NO. The van der Waals surface area contributed by atoms with Crippen molar-refractivity contribution in [3.63, 3.8) is 0 Å². The van der Waals surface area contributed by atoms with Crippen molar-refractivity contribution in [1.82, 2.24) is 0 Å². The van der Waals surface area contributed by atoms with Crippen LogP contribution >= 0.6 is 0 Å². The van der Waals surface area contributed by atoms with Crippen LogP contribution in [0, 0.1) is 11.3 Å². The van der Waals surface area contributed by atoms with Crippen molar-refractivity contribution in [1.29, 1.82) is 5.26 Å². The molecule has 0 aliphatic carbocycles. The highest BCUT2D eigenvalue weighted by Gasteiger charge is 2.34. The van der Waals surface area contributed by atoms with Gasteiger partial charge in [0.1, 0.15) is 0 Å². The first kappa shape index (κ1) is 10.5. The number of ether oxygens (including phenoxy) is 1. The van der Waals surface area contributed by atoms with Crippen molar-refractivity contribution in [3.8, 4) is 6.07 Å². The molecule has 1 rings (SSSR count). The maximum Gasteiger partial charge on any atom is 0.524 e. The van der Waals surface area contributed by atoms with Crippen molar-refractivity contribution in [3.05, 3.63) is 35.9 Å². The molecule has 0 spiro atoms. The summed E-state index contributed by atoms with van der Waals surface area (Å²) in [5.41, 5.74) is 0.187. The smallest absolute Gasteiger partial charge is 0.268 e. The van der Waals surface area contributed by atoms with E-state index in [1.54, 1.807) is 18.2 Å². The Morgan fingerprint density at radius 3 is 2.21 bits per heavy atom. The summed E-state index contributed by atoms with van der Waals surface area (Å²) in [5.74, 6) is 0. The predicted octanol–water partition coefficient (Wildman–Crippen LogP) is 2.79. The molecule has 0 saturated carbocycles. The molecule has 0 aromatic heterocycles. The molecule has 1 aromatic rings. The third-order valence-electron chi connectivity index (χ3n) is 1.47. The molecule has 0 unspecified atom stereocenters. The Hall–Kier alpha value is -1.54. The molecule has 1 atom stereocenters. The minimum Gasteiger partial charge on any atom is -0.268 e. The van der Waals surface area contributed by atoms with E-state index in [-0.39, 0.29) is 5.56 Å². The van der Waals surface area contributed by atoms with Gasteiger partial charge in [0.05, 0.1) is 6.07 Å². The predicted molar refractivity (Wildman–Crippen MR) is 41.9 cm³/mol. The van der Waals surface area contributed by atoms with Gasteiger partial charge >= 0.3 is 6.36 Å². The maximum atomic E-state index is 11.8. The Kier molecular flexibility index (Phi) is 3.10. The van der Waals surface area contributed by atoms with E-state index in [9.17, 15) is 13.2 Å². The number of nitrogens with zero attached hydrogens (tertiary/aromatic N) is 1. The van der Waals surface area contributed by atoms with Gasteiger partial charge in [-0.05, 0) is 5.56 Å². The van der Waals surface area contributed by atoms with Crippen molar-refractivity contribution in [2.24, 2.45) is 0 Å². The average molecular weight is 201 g/mol. The van der Waals surface area contributed by atoms with Gasteiger partial charge in [-0.2, -0.15) is 5.26 Å². The lowest BCUT2D eigenvalue weighted by molar-refractivity contribution is -0.337. The summed E-state index contributed by atoms with van der Waals surface area (Å²) in [5, 5.41) is 8.47. The fourth-order valence-electron chi connectivity index (χ4n) is 0.930. The highest BCUT2D eigenvalue weighted by molar-refractivity contribution is 5.21. The number of benzene rings is 1. The van der Waals surface area contributed by atoms with E-state index in [2.05, 4.69) is 4.74 Å². The molecule has 0 heterocycles. The summed E-state index contributed by atoms with van der Waals surface area (Å²) < 4.78 is 39.0. The van der Waals surface area contributed by atoms with Crippen LogP contribution in [0.2, 0.25) is 0 Å². The Labute approximate surface area is 78.5 Å². The van der Waals surface area contributed by atoms with Crippen LogP contribution in [0.15, 0.2) is 30.3 Å². The fourth-order valence-corrected chi connectivity index (χ4v) is 0.930. The van der Waals surface area contributed by atoms with Crippen LogP contribution in [0.3, 0.4) is 0 Å². The second-order valence-electron chi connectivity index (χ2n) is 2.48. The molecule has 5 heteroatoms. The summed E-state index contributed by atoms with van der Waals surface area (Å²) >= 11 is 0. The molecule has 1 aromatic carbocycles. The van der Waals surface area contributed by atoms with Crippen LogP contribution in [0.1, 0.15) is 11.7 Å². The number of hydrogen-bond donors (Lipinski definition) is 0. The van der Waals surface area contributed by atoms with Gasteiger partial charge < -0.3 is 0 Å². The van der Waals surface area contributed by atoms with Crippen LogP contribution in [-0.4, -0.2) is 6.36 Å². The van der Waals surface area contributed by atoms with Gasteiger partial charge in [0.15, 0.2) is 6.10 Å². The average Bonchev–Trinajstić information content (AvgIpc) is 2.14. The monoisotopic (exact) mass is 201 g/mol. The van der Waals surface area contributed by atoms with Crippen molar-refractivity contribution in [2.45, 2.75) is 12.5 Å². The number of alkyl halides is 3. The first-order chi connectivity index (χ1) is 6.53. The SMILES string of the molecule is N#C[C@H](OC(F)(F)F)c1ccccc1. The molecule has 0 fully saturated rings. The van der Waals surface area contributed by atoms with E-state index in [0.29, 0.717) is 0 Å². The van der Waals surface area contributed by atoms with Gasteiger partial charge in [-0.25, -0.2) is 0 Å². The maximum absolute atomic E-state index is 11.8. The van der Waals surface area contributed by atoms with Gasteiger partial charge in [0.25, 0.3) is 0 Å². The molecule has 0 aliphatic heterocycles. The molecule has 0 saturated heterocycles. The van der Waals surface area contributed by atoms with E-state index in [0.717, 1.165) is 0 Å². The summed E-state index contributed by atoms with van der Waals surface area (Å²) in [4.78, 5) is 0. The van der Waals surface area contributed by atoms with Crippen molar-refractivity contribution >= 4 is 0 Å². The molecule has 2 nitrogen and oxygen atoms in total. The third-order valence-corrected chi connectivity index (χ3v) is 1.47. The summed E-state index contributed by atoms with van der Waals surface area (Å²) in [6.45, 7) is 0. The molecule has 0 aliphatic rings. The molecule has 0 radical (unpaired) electrons. The molecule has 0 bridgehead atoms. The summed E-state index contributed by atoms with van der Waals surface area (Å²) in [6.07, 6.45) is -6.40. The van der Waals surface area contributed by atoms with Gasteiger partial charge in [-0.3, -0.25) is 4.74 Å². The second kappa shape index (κ2) is 4.11. The van der Waals surface area contributed by atoms with E-state index in [1.807, 2.05) is 0 Å². The molecule has 0 N–H and O–H groups in total. The zero-order chi connectivity index (χ0) is 10.6. The number of nitriles is 1. The standard InChI is InChI=1S/C9H6F3NO/c10-9(11,12)14-8(6-13)7-4-2-1-3-5-7/h1-5,8H/t8-/m0/s1. The molecular weight excluding hydrogens is 195 g/mol. The Bertz CT molecular complexity index is 328. The lowest BCUT2D eigenvalue weighted by atomic mass is 10.1. The Morgan fingerprint density at radius 1 is 1.21 bits per heavy atom. The molecule has 74 valence electrons. The topological polar surface area (TPSA) is 33.0 Å². The quantitative estimate of drug-likeness (QED) is 0.737. The van der Waals surface area contributed by atoms with Crippen LogP contribution in [0.4, 0.5) is 13.2 Å². The number of hydrogen-bond acceptors (Lipinski definition) is 2. The van der Waals surface area contributed by atoms with Crippen molar-refractivity contribution < 1.29 is 17.9 Å². The molecule has 0 amide bonds. The van der Waals surface area contributed by atoms with E-state index in [4.69, 9.17) is 5.26 Å². The number of rotatable bonds is 2. The second-order valence-corrected chi connectivity index (χ2v) is 2.48. The summed E-state index contributed by atoms with van der Waals surface area (Å²) in [6, 6.07) is 8.96. The lowest BCUT2D eigenvalue weighted by Crippen LogP contribution is -2.17. The van der Waals surface area contributed by atoms with Crippen LogP contribution in [-0.2, 0) is 4.74 Å². The first-order valence-electron chi connectivity index (χ1n) is 3.72. The Balaban J connectivity index is 2.80. The largest absolute Gasteiger partial charge is 0.524 e. The molecule has 14 heavy (non-hydrogen) atoms. The van der Waals surface area contributed by atoms with Crippen LogP contribution in [0.5, 0.6) is 0 Å². The Morgan fingerprint density at radius 2 is 1.79 bits per heavy atom. The van der Waals surface area contributed by atoms with E-state index >= 15 is 0 Å². The van der Waals surface area contributed by atoms with Gasteiger partial charge in [0, 0.05) is 0 Å². The normalized spacial score (nSPS) is 13.3. The number of halogens is 3. The third kappa shape index (κ3) is 3.07. The van der Waals surface area contributed by atoms with E-state index in [1.165, 1.54) is 18.2 Å². The van der Waals surface area contributed by atoms with Gasteiger partial charge in [-0.15, -0.1) is 13.2 Å².